The quantitative estimate of drug-likeness (QED) is 0.711. The number of hydrogen-bond donors (Lipinski definition) is 0. The lowest BCUT2D eigenvalue weighted by molar-refractivity contribution is 0.110. The van der Waals surface area contributed by atoms with Gasteiger partial charge < -0.3 is 4.74 Å². The first kappa shape index (κ1) is 10.4. The van der Waals surface area contributed by atoms with E-state index in [2.05, 4.69) is 36.4 Å². The molecule has 1 atom stereocenters. The van der Waals surface area contributed by atoms with E-state index in [1.807, 2.05) is 7.11 Å². The van der Waals surface area contributed by atoms with Gasteiger partial charge in [0.1, 0.15) is 0 Å². The van der Waals surface area contributed by atoms with Crippen molar-refractivity contribution in [1.82, 2.24) is 0 Å². The maximum atomic E-state index is 5.51. The summed E-state index contributed by atoms with van der Waals surface area (Å²) in [4.78, 5) is 0. The van der Waals surface area contributed by atoms with Crippen LogP contribution in [0.5, 0.6) is 0 Å². The van der Waals surface area contributed by atoms with Crippen LogP contribution >= 0.6 is 0 Å². The summed E-state index contributed by atoms with van der Waals surface area (Å²) in [5.74, 6) is 0. The predicted octanol–water partition coefficient (Wildman–Crippen LogP) is 3.66. The summed E-state index contributed by atoms with van der Waals surface area (Å²) in [6, 6.07) is 10.5. The molecule has 0 saturated heterocycles. The minimum Gasteiger partial charge on any atom is -0.377 e. The first-order valence-corrected chi connectivity index (χ1v) is 5.68. The summed E-state index contributed by atoms with van der Waals surface area (Å²) in [5, 5.41) is 0. The van der Waals surface area contributed by atoms with Crippen molar-refractivity contribution < 1.29 is 4.74 Å². The van der Waals surface area contributed by atoms with Gasteiger partial charge in [-0.15, -0.1) is 0 Å². The Balaban J connectivity index is 2.17. The molecule has 1 aromatic carbocycles. The first-order chi connectivity index (χ1) is 7.40. The highest BCUT2D eigenvalue weighted by molar-refractivity contribution is 5.53. The van der Waals surface area contributed by atoms with Gasteiger partial charge in [-0.05, 0) is 30.4 Å². The summed E-state index contributed by atoms with van der Waals surface area (Å²) in [7, 11) is 1.81. The Morgan fingerprint density at radius 3 is 2.73 bits per heavy atom. The van der Waals surface area contributed by atoms with Gasteiger partial charge in [-0.1, -0.05) is 42.8 Å². The molecule has 1 fully saturated rings. The van der Waals surface area contributed by atoms with Crippen LogP contribution in [0.2, 0.25) is 0 Å². The standard InChI is InChI=1S/C14H18O/c1-15-14-10-6-5-9-13(14)11-12-7-3-2-4-8-12/h2-4,7-8,11,14H,5-6,9-10H2,1H3/b13-11+/t14-/m0/s1. The van der Waals surface area contributed by atoms with Gasteiger partial charge in [0.2, 0.25) is 0 Å². The van der Waals surface area contributed by atoms with E-state index in [4.69, 9.17) is 4.74 Å². The van der Waals surface area contributed by atoms with Gasteiger partial charge in [-0.25, -0.2) is 0 Å². The van der Waals surface area contributed by atoms with E-state index in [9.17, 15) is 0 Å². The third-order valence-electron chi connectivity index (χ3n) is 3.03. The smallest absolute Gasteiger partial charge is 0.0784 e. The van der Waals surface area contributed by atoms with Crippen molar-refractivity contribution in [3.8, 4) is 0 Å². The van der Waals surface area contributed by atoms with Crippen LogP contribution < -0.4 is 0 Å². The Kier molecular flexibility index (Phi) is 3.57. The zero-order valence-electron chi connectivity index (χ0n) is 9.28. The molecule has 0 aliphatic heterocycles. The van der Waals surface area contributed by atoms with Gasteiger partial charge in [0.25, 0.3) is 0 Å². The molecule has 1 nitrogen and oxygen atoms in total. The zero-order valence-corrected chi connectivity index (χ0v) is 9.28. The average molecular weight is 202 g/mol. The lowest BCUT2D eigenvalue weighted by Crippen LogP contribution is -2.17. The van der Waals surface area contributed by atoms with E-state index < -0.39 is 0 Å². The minimum absolute atomic E-state index is 0.346. The van der Waals surface area contributed by atoms with Crippen molar-refractivity contribution >= 4 is 6.08 Å². The maximum absolute atomic E-state index is 5.51. The van der Waals surface area contributed by atoms with E-state index in [0.717, 1.165) is 0 Å². The third kappa shape index (κ3) is 2.69. The van der Waals surface area contributed by atoms with Crippen molar-refractivity contribution in [3.63, 3.8) is 0 Å². The summed E-state index contributed by atoms with van der Waals surface area (Å²) in [6.45, 7) is 0. The molecule has 1 aliphatic rings. The highest BCUT2D eigenvalue weighted by Crippen LogP contribution is 2.27. The van der Waals surface area contributed by atoms with Crippen LogP contribution in [0.1, 0.15) is 31.2 Å². The van der Waals surface area contributed by atoms with Crippen molar-refractivity contribution in [3.05, 3.63) is 41.5 Å². The zero-order chi connectivity index (χ0) is 10.5. The van der Waals surface area contributed by atoms with E-state index in [-0.39, 0.29) is 0 Å². The average Bonchev–Trinajstić information content (AvgIpc) is 2.31. The molecule has 1 aliphatic carbocycles. The Bertz CT molecular complexity index is 326. The predicted molar refractivity (Wildman–Crippen MR) is 63.7 cm³/mol. The van der Waals surface area contributed by atoms with Crippen molar-refractivity contribution in [1.29, 1.82) is 0 Å². The lowest BCUT2D eigenvalue weighted by atomic mass is 9.90. The molecular formula is C14H18O. The van der Waals surface area contributed by atoms with Gasteiger partial charge in [0.05, 0.1) is 6.10 Å². The fourth-order valence-electron chi connectivity index (χ4n) is 2.20. The molecule has 1 aromatic rings. The van der Waals surface area contributed by atoms with E-state index in [0.29, 0.717) is 6.10 Å². The molecule has 0 bridgehead atoms. The number of methoxy groups -OCH3 is 1. The Hall–Kier alpha value is -1.08. The molecule has 0 heterocycles. The van der Waals surface area contributed by atoms with Crippen LogP contribution in [0, 0.1) is 0 Å². The van der Waals surface area contributed by atoms with Gasteiger partial charge in [0, 0.05) is 7.11 Å². The van der Waals surface area contributed by atoms with Crippen LogP contribution in [-0.2, 0) is 4.74 Å². The molecule has 0 unspecified atom stereocenters. The number of ether oxygens (including phenoxy) is 1. The van der Waals surface area contributed by atoms with Crippen LogP contribution in [-0.4, -0.2) is 13.2 Å². The summed E-state index contributed by atoms with van der Waals surface area (Å²) < 4.78 is 5.51. The topological polar surface area (TPSA) is 9.23 Å². The fourth-order valence-corrected chi connectivity index (χ4v) is 2.20. The van der Waals surface area contributed by atoms with E-state index >= 15 is 0 Å². The van der Waals surface area contributed by atoms with Crippen molar-refractivity contribution in [2.75, 3.05) is 7.11 Å². The number of hydrogen-bond acceptors (Lipinski definition) is 1. The summed E-state index contributed by atoms with van der Waals surface area (Å²) in [6.07, 6.45) is 7.60. The fraction of sp³-hybridized carbons (Fsp3) is 0.429. The minimum atomic E-state index is 0.346. The molecule has 2 rings (SSSR count). The molecule has 0 spiro atoms. The van der Waals surface area contributed by atoms with Crippen molar-refractivity contribution in [2.45, 2.75) is 31.8 Å². The largest absolute Gasteiger partial charge is 0.377 e. The van der Waals surface area contributed by atoms with E-state index in [1.165, 1.54) is 36.8 Å². The summed E-state index contributed by atoms with van der Waals surface area (Å²) >= 11 is 0. The monoisotopic (exact) mass is 202 g/mol. The molecular weight excluding hydrogens is 184 g/mol. The Labute approximate surface area is 91.8 Å². The molecule has 1 saturated carbocycles. The summed E-state index contributed by atoms with van der Waals surface area (Å²) in [5.41, 5.74) is 2.74. The number of benzene rings is 1. The van der Waals surface area contributed by atoms with Gasteiger partial charge in [-0.3, -0.25) is 0 Å². The molecule has 0 N–H and O–H groups in total. The SMILES string of the molecule is CO[C@H]1CCCC/C1=C\c1ccccc1. The highest BCUT2D eigenvalue weighted by atomic mass is 16.5. The third-order valence-corrected chi connectivity index (χ3v) is 3.03. The highest BCUT2D eigenvalue weighted by Gasteiger charge is 2.17. The molecule has 0 aromatic heterocycles. The molecule has 1 heteroatoms. The first-order valence-electron chi connectivity index (χ1n) is 5.68. The molecule has 0 amide bonds. The van der Waals surface area contributed by atoms with Gasteiger partial charge >= 0.3 is 0 Å². The molecule has 0 radical (unpaired) electrons. The van der Waals surface area contributed by atoms with Gasteiger partial charge in [0.15, 0.2) is 0 Å². The van der Waals surface area contributed by atoms with Crippen molar-refractivity contribution in [2.24, 2.45) is 0 Å². The van der Waals surface area contributed by atoms with Crippen LogP contribution in [0.4, 0.5) is 0 Å². The lowest BCUT2D eigenvalue weighted by Gasteiger charge is -2.24. The van der Waals surface area contributed by atoms with Gasteiger partial charge in [-0.2, -0.15) is 0 Å². The molecule has 15 heavy (non-hydrogen) atoms. The second-order valence-corrected chi connectivity index (χ2v) is 4.10. The van der Waals surface area contributed by atoms with Crippen LogP contribution in [0.15, 0.2) is 35.9 Å². The Morgan fingerprint density at radius 1 is 1.20 bits per heavy atom. The second kappa shape index (κ2) is 5.13. The number of rotatable bonds is 2. The van der Waals surface area contributed by atoms with Crippen LogP contribution in [0.3, 0.4) is 0 Å². The second-order valence-electron chi connectivity index (χ2n) is 4.10. The molecule has 80 valence electrons. The normalized spacial score (nSPS) is 24.3. The van der Waals surface area contributed by atoms with E-state index in [1.54, 1.807) is 0 Å². The maximum Gasteiger partial charge on any atom is 0.0784 e. The van der Waals surface area contributed by atoms with Crippen LogP contribution in [0.25, 0.3) is 6.08 Å². The Morgan fingerprint density at radius 2 is 2.00 bits per heavy atom.